The number of nitrogens with two attached hydrogens (primary N) is 1. The van der Waals surface area contributed by atoms with Crippen LogP contribution < -0.4 is 15.8 Å². The molecule has 2 rings (SSSR count). The largest absolute Gasteiger partial charge is 0.492 e. The van der Waals surface area contributed by atoms with Gasteiger partial charge in [-0.15, -0.1) is 0 Å². The summed E-state index contributed by atoms with van der Waals surface area (Å²) in [6.45, 7) is 2.44. The van der Waals surface area contributed by atoms with Crippen LogP contribution in [-0.4, -0.2) is 17.7 Å². The van der Waals surface area contributed by atoms with E-state index < -0.39 is 5.97 Å². The first-order chi connectivity index (χ1) is 9.63. The van der Waals surface area contributed by atoms with E-state index in [0.29, 0.717) is 18.0 Å². The molecule has 5 heteroatoms. The first-order valence-corrected chi connectivity index (χ1v) is 6.24. The zero-order valence-corrected chi connectivity index (χ0v) is 11.1. The minimum Gasteiger partial charge on any atom is -0.492 e. The van der Waals surface area contributed by atoms with Crippen molar-refractivity contribution in [2.45, 2.75) is 6.92 Å². The van der Waals surface area contributed by atoms with Crippen LogP contribution in [0.4, 0.5) is 17.1 Å². The minimum atomic E-state index is -1.05. The number of nitrogens with one attached hydrogen (secondary N) is 1. The molecule has 2 aromatic rings. The van der Waals surface area contributed by atoms with Crippen molar-refractivity contribution < 1.29 is 14.6 Å². The predicted octanol–water partition coefficient (Wildman–Crippen LogP) is 3.11. The van der Waals surface area contributed by atoms with E-state index in [1.807, 2.05) is 31.2 Å². The summed E-state index contributed by atoms with van der Waals surface area (Å²) in [6, 6.07) is 12.3. The number of rotatable bonds is 5. The van der Waals surface area contributed by atoms with Crippen LogP contribution in [-0.2, 0) is 0 Å². The van der Waals surface area contributed by atoms with Gasteiger partial charge in [-0.2, -0.15) is 0 Å². The van der Waals surface area contributed by atoms with E-state index in [9.17, 15) is 4.79 Å². The number of carboxylic acid groups (broad SMARTS) is 1. The lowest BCUT2D eigenvalue weighted by atomic mass is 10.1. The van der Waals surface area contributed by atoms with Crippen molar-refractivity contribution in [3.63, 3.8) is 0 Å². The Morgan fingerprint density at radius 1 is 1.20 bits per heavy atom. The lowest BCUT2D eigenvalue weighted by Crippen LogP contribution is -2.06. The smallest absolute Gasteiger partial charge is 0.337 e. The third-order valence-corrected chi connectivity index (χ3v) is 2.79. The van der Waals surface area contributed by atoms with E-state index in [4.69, 9.17) is 15.6 Å². The number of hydrogen-bond acceptors (Lipinski definition) is 4. The van der Waals surface area contributed by atoms with Gasteiger partial charge in [0.1, 0.15) is 5.75 Å². The summed E-state index contributed by atoms with van der Waals surface area (Å²) in [5.74, 6) is -0.362. The van der Waals surface area contributed by atoms with Crippen LogP contribution in [0.25, 0.3) is 0 Å². The molecular weight excluding hydrogens is 256 g/mol. The molecule has 0 unspecified atom stereocenters. The van der Waals surface area contributed by atoms with Gasteiger partial charge < -0.3 is 20.9 Å². The van der Waals surface area contributed by atoms with Gasteiger partial charge in [0.25, 0.3) is 0 Å². The maximum atomic E-state index is 11.1. The van der Waals surface area contributed by atoms with E-state index in [-0.39, 0.29) is 11.3 Å². The zero-order valence-electron chi connectivity index (χ0n) is 11.1. The standard InChI is InChI=1S/C15H16N2O3/c1-2-20-13-9-4-3-7-11(13)17-12-8-5-6-10(14(12)16)15(18)19/h3-9,17H,2,16H2,1H3,(H,18,19). The number of benzene rings is 2. The molecule has 0 radical (unpaired) electrons. The first kappa shape index (κ1) is 13.7. The summed E-state index contributed by atoms with van der Waals surface area (Å²) in [4.78, 5) is 11.1. The molecule has 0 atom stereocenters. The van der Waals surface area contributed by atoms with E-state index in [2.05, 4.69) is 5.32 Å². The molecule has 0 saturated heterocycles. The van der Waals surface area contributed by atoms with Crippen molar-refractivity contribution in [3.8, 4) is 5.75 Å². The molecule has 0 heterocycles. The van der Waals surface area contributed by atoms with Crippen molar-refractivity contribution in [1.82, 2.24) is 0 Å². The Morgan fingerprint density at radius 2 is 1.90 bits per heavy atom. The highest BCUT2D eigenvalue weighted by Crippen LogP contribution is 2.31. The molecule has 2 aromatic carbocycles. The number of carboxylic acids is 1. The summed E-state index contributed by atoms with van der Waals surface area (Å²) in [5, 5.41) is 12.2. The zero-order chi connectivity index (χ0) is 14.5. The van der Waals surface area contributed by atoms with Gasteiger partial charge in [0, 0.05) is 0 Å². The molecule has 0 amide bonds. The van der Waals surface area contributed by atoms with Gasteiger partial charge in [0.05, 0.1) is 29.2 Å². The average molecular weight is 272 g/mol. The summed E-state index contributed by atoms with van der Waals surface area (Å²) in [6.07, 6.45) is 0. The predicted molar refractivity (Wildman–Crippen MR) is 78.7 cm³/mol. The Bertz CT molecular complexity index is 626. The van der Waals surface area contributed by atoms with Crippen LogP contribution in [0.2, 0.25) is 0 Å². The van der Waals surface area contributed by atoms with E-state index in [1.165, 1.54) is 6.07 Å². The number of aromatic carboxylic acids is 1. The van der Waals surface area contributed by atoms with Gasteiger partial charge in [0.2, 0.25) is 0 Å². The van der Waals surface area contributed by atoms with Crippen molar-refractivity contribution >= 4 is 23.0 Å². The number of ether oxygens (including phenoxy) is 1. The molecule has 0 saturated carbocycles. The first-order valence-electron chi connectivity index (χ1n) is 6.24. The highest BCUT2D eigenvalue weighted by molar-refractivity contribution is 5.97. The SMILES string of the molecule is CCOc1ccccc1Nc1cccc(C(=O)O)c1N. The number of hydrogen-bond donors (Lipinski definition) is 3. The van der Waals surface area contributed by atoms with Crippen molar-refractivity contribution in [2.24, 2.45) is 0 Å². The second-order valence-corrected chi connectivity index (χ2v) is 4.13. The normalized spacial score (nSPS) is 10.1. The Hall–Kier alpha value is -2.69. The number of para-hydroxylation sites is 3. The summed E-state index contributed by atoms with van der Waals surface area (Å²) in [7, 11) is 0. The van der Waals surface area contributed by atoms with Gasteiger partial charge in [-0.25, -0.2) is 4.79 Å². The minimum absolute atomic E-state index is 0.0730. The lowest BCUT2D eigenvalue weighted by molar-refractivity contribution is 0.0698. The monoisotopic (exact) mass is 272 g/mol. The summed E-state index contributed by atoms with van der Waals surface area (Å²) >= 11 is 0. The quantitative estimate of drug-likeness (QED) is 0.728. The Labute approximate surface area is 117 Å². The average Bonchev–Trinajstić information content (AvgIpc) is 2.43. The Morgan fingerprint density at radius 3 is 2.60 bits per heavy atom. The van der Waals surface area contributed by atoms with Crippen LogP contribution in [0.1, 0.15) is 17.3 Å². The fourth-order valence-electron chi connectivity index (χ4n) is 1.86. The number of carbonyl (C=O) groups is 1. The van der Waals surface area contributed by atoms with Gasteiger partial charge in [0.15, 0.2) is 0 Å². The van der Waals surface area contributed by atoms with Crippen molar-refractivity contribution in [1.29, 1.82) is 0 Å². The highest BCUT2D eigenvalue weighted by atomic mass is 16.5. The molecule has 0 aliphatic carbocycles. The third kappa shape index (κ3) is 2.83. The second kappa shape index (κ2) is 5.97. The molecule has 0 fully saturated rings. The van der Waals surface area contributed by atoms with Gasteiger partial charge in [-0.05, 0) is 31.2 Å². The van der Waals surface area contributed by atoms with E-state index in [0.717, 1.165) is 5.69 Å². The van der Waals surface area contributed by atoms with Gasteiger partial charge in [-0.1, -0.05) is 18.2 Å². The van der Waals surface area contributed by atoms with Crippen molar-refractivity contribution in [2.75, 3.05) is 17.7 Å². The molecule has 0 aliphatic heterocycles. The van der Waals surface area contributed by atoms with Crippen LogP contribution >= 0.6 is 0 Å². The summed E-state index contributed by atoms with van der Waals surface area (Å²) < 4.78 is 5.51. The lowest BCUT2D eigenvalue weighted by Gasteiger charge is -2.14. The Balaban J connectivity index is 2.35. The molecule has 0 bridgehead atoms. The third-order valence-electron chi connectivity index (χ3n) is 2.79. The maximum absolute atomic E-state index is 11.1. The Kier molecular flexibility index (Phi) is 4.10. The topological polar surface area (TPSA) is 84.6 Å². The second-order valence-electron chi connectivity index (χ2n) is 4.13. The highest BCUT2D eigenvalue weighted by Gasteiger charge is 2.12. The molecule has 5 nitrogen and oxygen atoms in total. The maximum Gasteiger partial charge on any atom is 0.337 e. The van der Waals surface area contributed by atoms with Crippen molar-refractivity contribution in [3.05, 3.63) is 48.0 Å². The number of anilines is 3. The molecule has 0 aromatic heterocycles. The molecule has 4 N–H and O–H groups in total. The van der Waals surface area contributed by atoms with Crippen LogP contribution in [0.15, 0.2) is 42.5 Å². The van der Waals surface area contributed by atoms with Gasteiger partial charge >= 0.3 is 5.97 Å². The molecular formula is C15H16N2O3. The van der Waals surface area contributed by atoms with E-state index in [1.54, 1.807) is 12.1 Å². The fourth-order valence-corrected chi connectivity index (χ4v) is 1.86. The molecule has 20 heavy (non-hydrogen) atoms. The van der Waals surface area contributed by atoms with Gasteiger partial charge in [-0.3, -0.25) is 0 Å². The molecule has 104 valence electrons. The fraction of sp³-hybridized carbons (Fsp3) is 0.133. The molecule has 0 aliphatic rings. The molecule has 0 spiro atoms. The number of nitrogen functional groups attached to an aromatic ring is 1. The van der Waals surface area contributed by atoms with Crippen LogP contribution in [0, 0.1) is 0 Å². The van der Waals surface area contributed by atoms with Crippen LogP contribution in [0.3, 0.4) is 0 Å². The van der Waals surface area contributed by atoms with E-state index >= 15 is 0 Å². The van der Waals surface area contributed by atoms with Crippen LogP contribution in [0.5, 0.6) is 5.75 Å². The summed E-state index contributed by atoms with van der Waals surface area (Å²) in [5.41, 5.74) is 7.42.